The number of pyridine rings is 1. The van der Waals surface area contributed by atoms with Crippen LogP contribution in [0.4, 0.5) is 17.3 Å². The molecule has 10 heteroatoms. The molecule has 0 aliphatic carbocycles. The van der Waals surface area contributed by atoms with Crippen LogP contribution < -0.4 is 15.8 Å². The van der Waals surface area contributed by atoms with E-state index in [1.54, 1.807) is 16.8 Å². The highest BCUT2D eigenvalue weighted by Crippen LogP contribution is 2.34. The number of carbonyl (C=O) groups is 1. The van der Waals surface area contributed by atoms with Crippen LogP contribution in [0.15, 0.2) is 53.5 Å². The van der Waals surface area contributed by atoms with Crippen LogP contribution in [0.5, 0.6) is 0 Å². The first-order chi connectivity index (χ1) is 21.2. The standard InChI is InChI=1S/C34H40ClN7O2/c1-5-30(43)41-14-8-9-25(21-41)42-32-27(23(3)31(33(42)44)26-10-6-7-11-28(26)35)20-36-34(38-32)37-24-12-13-29(22(2)19-24)40-17-15-39(4)16-18-40/h6-7,10-13,19-20,25H,5,8-9,14-18,21H2,1-4H3,(H,36,37,38). The van der Waals surface area contributed by atoms with Crippen LogP contribution in [0.3, 0.4) is 0 Å². The summed E-state index contributed by atoms with van der Waals surface area (Å²) in [5.74, 6) is 0.512. The summed E-state index contributed by atoms with van der Waals surface area (Å²) >= 11 is 6.62. The Morgan fingerprint density at radius 2 is 1.84 bits per heavy atom. The lowest BCUT2D eigenvalue weighted by Crippen LogP contribution is -2.44. The zero-order valence-electron chi connectivity index (χ0n) is 25.9. The maximum Gasteiger partial charge on any atom is 0.260 e. The second-order valence-electron chi connectivity index (χ2n) is 12.0. The van der Waals surface area contributed by atoms with Gasteiger partial charge in [0.05, 0.1) is 11.6 Å². The number of hydrogen-bond acceptors (Lipinski definition) is 7. The fraction of sp³-hybridized carbons (Fsp3) is 0.412. The van der Waals surface area contributed by atoms with Crippen molar-refractivity contribution < 1.29 is 4.79 Å². The number of hydrogen-bond donors (Lipinski definition) is 1. The van der Waals surface area contributed by atoms with Crippen LogP contribution in [-0.2, 0) is 4.79 Å². The van der Waals surface area contributed by atoms with Crippen LogP contribution in [0, 0.1) is 13.8 Å². The molecule has 2 aliphatic heterocycles. The maximum absolute atomic E-state index is 14.4. The molecule has 2 saturated heterocycles. The van der Waals surface area contributed by atoms with Crippen molar-refractivity contribution in [1.82, 2.24) is 24.3 Å². The van der Waals surface area contributed by atoms with Crippen molar-refractivity contribution in [3.05, 3.63) is 75.2 Å². The van der Waals surface area contributed by atoms with Gasteiger partial charge in [-0.05, 0) is 69.1 Å². The van der Waals surface area contributed by atoms with Crippen molar-refractivity contribution in [2.75, 3.05) is 56.5 Å². The Balaban J connectivity index is 1.42. The molecule has 44 heavy (non-hydrogen) atoms. The normalized spacial score (nSPS) is 17.7. The molecule has 2 aliphatic rings. The molecule has 6 rings (SSSR count). The minimum absolute atomic E-state index is 0.0952. The lowest BCUT2D eigenvalue weighted by molar-refractivity contribution is -0.132. The van der Waals surface area contributed by atoms with Gasteiger partial charge in [-0.3, -0.25) is 14.2 Å². The number of aryl methyl sites for hydroxylation is 2. The van der Waals surface area contributed by atoms with E-state index in [1.165, 1.54) is 11.3 Å². The van der Waals surface area contributed by atoms with Gasteiger partial charge in [-0.25, -0.2) is 4.98 Å². The summed E-state index contributed by atoms with van der Waals surface area (Å²) in [6, 6.07) is 13.5. The highest BCUT2D eigenvalue weighted by molar-refractivity contribution is 6.33. The Kier molecular flexibility index (Phi) is 8.60. The van der Waals surface area contributed by atoms with E-state index in [1.807, 2.05) is 36.9 Å². The molecule has 2 aromatic heterocycles. The third-order valence-electron chi connectivity index (χ3n) is 9.07. The largest absolute Gasteiger partial charge is 0.369 e. The first-order valence-corrected chi connectivity index (χ1v) is 15.9. The van der Waals surface area contributed by atoms with Gasteiger partial charge in [-0.15, -0.1) is 0 Å². The van der Waals surface area contributed by atoms with Gasteiger partial charge < -0.3 is 20.0 Å². The second kappa shape index (κ2) is 12.6. The molecule has 0 bridgehead atoms. The summed E-state index contributed by atoms with van der Waals surface area (Å²) in [6.07, 6.45) is 3.81. The summed E-state index contributed by atoms with van der Waals surface area (Å²) in [7, 11) is 2.16. The lowest BCUT2D eigenvalue weighted by atomic mass is 9.98. The average molecular weight is 614 g/mol. The van der Waals surface area contributed by atoms with Gasteiger partial charge in [0.1, 0.15) is 5.65 Å². The molecule has 1 N–H and O–H groups in total. The van der Waals surface area contributed by atoms with Crippen molar-refractivity contribution in [2.45, 2.75) is 46.1 Å². The number of piperazine rings is 1. The average Bonchev–Trinajstić information content (AvgIpc) is 3.02. The van der Waals surface area contributed by atoms with E-state index in [0.29, 0.717) is 47.3 Å². The van der Waals surface area contributed by atoms with Crippen molar-refractivity contribution in [3.63, 3.8) is 0 Å². The monoisotopic (exact) mass is 613 g/mol. The number of rotatable bonds is 6. The predicted molar refractivity (Wildman–Crippen MR) is 178 cm³/mol. The summed E-state index contributed by atoms with van der Waals surface area (Å²) in [4.78, 5) is 43.4. The van der Waals surface area contributed by atoms with Crippen LogP contribution in [-0.4, -0.2) is 76.6 Å². The SMILES string of the molecule is CCC(=O)N1CCCC(n2c(=O)c(-c3ccccc3Cl)c(C)c3cnc(Nc4ccc(N5CCN(C)CC5)c(C)c4)nc32)C1. The van der Waals surface area contributed by atoms with Gasteiger partial charge in [-0.1, -0.05) is 36.7 Å². The van der Waals surface area contributed by atoms with Crippen LogP contribution in [0.2, 0.25) is 5.02 Å². The Morgan fingerprint density at radius 1 is 1.07 bits per heavy atom. The number of amides is 1. The molecule has 9 nitrogen and oxygen atoms in total. The van der Waals surface area contributed by atoms with Crippen LogP contribution in [0.25, 0.3) is 22.2 Å². The molecule has 2 aromatic carbocycles. The van der Waals surface area contributed by atoms with Crippen molar-refractivity contribution in [3.8, 4) is 11.1 Å². The zero-order chi connectivity index (χ0) is 31.0. The van der Waals surface area contributed by atoms with E-state index in [4.69, 9.17) is 21.6 Å². The molecule has 2 fully saturated rings. The fourth-order valence-electron chi connectivity index (χ4n) is 6.59. The number of aromatic nitrogens is 3. The summed E-state index contributed by atoms with van der Waals surface area (Å²) in [5, 5.41) is 4.68. The highest BCUT2D eigenvalue weighted by atomic mass is 35.5. The molecule has 1 amide bonds. The Hall–Kier alpha value is -3.95. The van der Waals surface area contributed by atoms with Gasteiger partial charge in [0.15, 0.2) is 0 Å². The first kappa shape index (κ1) is 30.1. The van der Waals surface area contributed by atoms with E-state index in [2.05, 4.69) is 47.3 Å². The van der Waals surface area contributed by atoms with E-state index in [0.717, 1.165) is 55.7 Å². The van der Waals surface area contributed by atoms with Gasteiger partial charge in [-0.2, -0.15) is 4.98 Å². The molecule has 1 atom stereocenters. The van der Waals surface area contributed by atoms with Crippen molar-refractivity contribution in [2.24, 2.45) is 0 Å². The topological polar surface area (TPSA) is 86.6 Å². The number of likely N-dealkylation sites (tertiary alicyclic amines) is 1. The predicted octanol–water partition coefficient (Wildman–Crippen LogP) is 5.80. The number of nitrogens with zero attached hydrogens (tertiary/aromatic N) is 6. The Morgan fingerprint density at radius 3 is 2.57 bits per heavy atom. The van der Waals surface area contributed by atoms with E-state index in [-0.39, 0.29) is 17.5 Å². The molecule has 0 radical (unpaired) electrons. The van der Waals surface area contributed by atoms with Gasteiger partial charge in [0, 0.05) is 79.2 Å². The molecule has 0 saturated carbocycles. The highest BCUT2D eigenvalue weighted by Gasteiger charge is 2.29. The second-order valence-corrected chi connectivity index (χ2v) is 12.4. The molecule has 0 spiro atoms. The molecule has 1 unspecified atom stereocenters. The number of piperidine rings is 1. The molecule has 230 valence electrons. The number of carbonyl (C=O) groups excluding carboxylic acids is 1. The number of nitrogens with one attached hydrogen (secondary N) is 1. The number of benzene rings is 2. The quantitative estimate of drug-likeness (QED) is 0.294. The van der Waals surface area contributed by atoms with Gasteiger partial charge in [0.25, 0.3) is 5.56 Å². The van der Waals surface area contributed by atoms with E-state index in [9.17, 15) is 9.59 Å². The first-order valence-electron chi connectivity index (χ1n) is 15.5. The Bertz CT molecular complexity index is 1760. The molecule has 4 heterocycles. The summed E-state index contributed by atoms with van der Waals surface area (Å²) in [6.45, 7) is 11.2. The van der Waals surface area contributed by atoms with Crippen molar-refractivity contribution in [1.29, 1.82) is 0 Å². The number of halogens is 1. The fourth-order valence-corrected chi connectivity index (χ4v) is 6.82. The summed E-state index contributed by atoms with van der Waals surface area (Å²) in [5.41, 5.74) is 5.71. The lowest BCUT2D eigenvalue weighted by Gasteiger charge is -2.35. The number of anilines is 3. The zero-order valence-corrected chi connectivity index (χ0v) is 26.7. The van der Waals surface area contributed by atoms with E-state index >= 15 is 0 Å². The smallest absolute Gasteiger partial charge is 0.260 e. The van der Waals surface area contributed by atoms with Crippen LogP contribution in [0.1, 0.15) is 43.4 Å². The molecule has 4 aromatic rings. The van der Waals surface area contributed by atoms with Gasteiger partial charge in [0.2, 0.25) is 11.9 Å². The van der Waals surface area contributed by atoms with E-state index < -0.39 is 0 Å². The minimum Gasteiger partial charge on any atom is -0.369 e. The van der Waals surface area contributed by atoms with Gasteiger partial charge >= 0.3 is 0 Å². The third-order valence-corrected chi connectivity index (χ3v) is 9.39. The molecular formula is C34H40ClN7O2. The van der Waals surface area contributed by atoms with Crippen molar-refractivity contribution >= 4 is 45.9 Å². The number of likely N-dealkylation sites (N-methyl/N-ethyl adjacent to an activating group) is 1. The molecular weight excluding hydrogens is 574 g/mol. The summed E-state index contributed by atoms with van der Waals surface area (Å²) < 4.78 is 1.78. The minimum atomic E-state index is -0.219. The Labute approximate surface area is 263 Å². The number of fused-ring (bicyclic) bond motifs is 1. The van der Waals surface area contributed by atoms with Crippen LogP contribution >= 0.6 is 11.6 Å². The maximum atomic E-state index is 14.4. The third kappa shape index (κ3) is 5.78.